The quantitative estimate of drug-likeness (QED) is 0.714. The normalized spacial score (nSPS) is 12.5. The van der Waals surface area contributed by atoms with E-state index in [0.717, 1.165) is 0 Å². The van der Waals surface area contributed by atoms with E-state index in [0.29, 0.717) is 6.42 Å². The number of esters is 1. The van der Waals surface area contributed by atoms with Gasteiger partial charge in [0.1, 0.15) is 6.10 Å². The van der Waals surface area contributed by atoms with Gasteiger partial charge in [-0.25, -0.2) is 4.79 Å². The number of aliphatic hydroxyl groups excluding tert-OH is 1. The number of carbonyl (C=O) groups excluding carboxylic acids is 1. The Hall–Kier alpha value is -1.29. The molecule has 13 heavy (non-hydrogen) atoms. The van der Waals surface area contributed by atoms with E-state index >= 15 is 0 Å². The maximum atomic E-state index is 11.2. The van der Waals surface area contributed by atoms with Crippen molar-refractivity contribution in [3.05, 3.63) is 24.2 Å². The summed E-state index contributed by atoms with van der Waals surface area (Å²) in [7, 11) is 0. The second-order valence-corrected chi connectivity index (χ2v) is 2.71. The van der Waals surface area contributed by atoms with Gasteiger partial charge in [0.25, 0.3) is 0 Å². The van der Waals surface area contributed by atoms with E-state index in [1.54, 1.807) is 13.0 Å². The summed E-state index contributed by atoms with van der Waals surface area (Å²) in [5.74, 6) is -0.310. The zero-order valence-electron chi connectivity index (χ0n) is 7.40. The number of aliphatic hydroxyl groups is 1. The Morgan fingerprint density at radius 3 is 3.08 bits per heavy atom. The largest absolute Gasteiger partial charge is 0.457 e. The lowest BCUT2D eigenvalue weighted by atomic mass is 10.3. The summed E-state index contributed by atoms with van der Waals surface area (Å²) < 4.78 is 9.78. The van der Waals surface area contributed by atoms with E-state index in [1.165, 1.54) is 12.3 Å². The number of furan rings is 1. The molecule has 1 aromatic rings. The summed E-state index contributed by atoms with van der Waals surface area (Å²) in [6, 6.07) is 3.15. The second-order valence-electron chi connectivity index (χ2n) is 2.71. The number of ether oxygens (including phenoxy) is 1. The van der Waals surface area contributed by atoms with Crippen LogP contribution in [-0.2, 0) is 4.74 Å². The van der Waals surface area contributed by atoms with Crippen molar-refractivity contribution >= 4 is 5.97 Å². The van der Waals surface area contributed by atoms with Crippen LogP contribution in [0.1, 0.15) is 23.9 Å². The Kier molecular flexibility index (Phi) is 3.52. The molecule has 0 aliphatic carbocycles. The third-order valence-corrected chi connectivity index (χ3v) is 1.57. The highest BCUT2D eigenvalue weighted by Crippen LogP contribution is 2.06. The van der Waals surface area contributed by atoms with Crippen LogP contribution >= 0.6 is 0 Å². The van der Waals surface area contributed by atoms with E-state index in [1.807, 2.05) is 0 Å². The van der Waals surface area contributed by atoms with Gasteiger partial charge in [-0.1, -0.05) is 0 Å². The fraction of sp³-hybridized carbons (Fsp3) is 0.444. The van der Waals surface area contributed by atoms with Crippen molar-refractivity contribution in [2.75, 3.05) is 6.61 Å². The molecule has 1 atom stereocenters. The van der Waals surface area contributed by atoms with Crippen LogP contribution in [0, 0.1) is 0 Å². The maximum Gasteiger partial charge on any atom is 0.374 e. The van der Waals surface area contributed by atoms with Crippen molar-refractivity contribution in [3.63, 3.8) is 0 Å². The van der Waals surface area contributed by atoms with Gasteiger partial charge in [0, 0.05) is 13.0 Å². The Labute approximate surface area is 76.1 Å². The van der Waals surface area contributed by atoms with E-state index < -0.39 is 5.97 Å². The molecule has 1 rings (SSSR count). The molecule has 0 aliphatic heterocycles. The highest BCUT2D eigenvalue weighted by Gasteiger charge is 2.13. The van der Waals surface area contributed by atoms with E-state index in [9.17, 15) is 4.79 Å². The zero-order valence-corrected chi connectivity index (χ0v) is 7.40. The fourth-order valence-corrected chi connectivity index (χ4v) is 0.876. The van der Waals surface area contributed by atoms with Crippen LogP contribution in [0.15, 0.2) is 22.8 Å². The first-order valence-corrected chi connectivity index (χ1v) is 4.09. The van der Waals surface area contributed by atoms with Crippen molar-refractivity contribution in [3.8, 4) is 0 Å². The molecule has 4 nitrogen and oxygen atoms in total. The van der Waals surface area contributed by atoms with Gasteiger partial charge in [-0.3, -0.25) is 0 Å². The second kappa shape index (κ2) is 4.67. The third-order valence-electron chi connectivity index (χ3n) is 1.57. The minimum Gasteiger partial charge on any atom is -0.457 e. The number of carbonyl (C=O) groups is 1. The molecule has 1 N–H and O–H groups in total. The third kappa shape index (κ3) is 2.91. The zero-order chi connectivity index (χ0) is 9.68. The molecular weight excluding hydrogens is 172 g/mol. The van der Waals surface area contributed by atoms with Crippen LogP contribution in [0.4, 0.5) is 0 Å². The summed E-state index contributed by atoms with van der Waals surface area (Å²) in [4.78, 5) is 11.2. The molecule has 0 spiro atoms. The molecule has 4 heteroatoms. The van der Waals surface area contributed by atoms with Crippen LogP contribution in [0.2, 0.25) is 0 Å². The molecule has 0 amide bonds. The first-order valence-electron chi connectivity index (χ1n) is 4.09. The van der Waals surface area contributed by atoms with Gasteiger partial charge in [0.15, 0.2) is 0 Å². The lowest BCUT2D eigenvalue weighted by molar-refractivity contribution is 0.0254. The Balaban J connectivity index is 2.42. The standard InChI is InChI=1S/C9H12O4/c1-7(4-5-10)13-9(11)8-3-2-6-12-8/h2-3,6-7,10H,4-5H2,1H3. The predicted molar refractivity (Wildman–Crippen MR) is 45.3 cm³/mol. The van der Waals surface area contributed by atoms with Gasteiger partial charge in [0.2, 0.25) is 5.76 Å². The van der Waals surface area contributed by atoms with Gasteiger partial charge < -0.3 is 14.3 Å². The highest BCUT2D eigenvalue weighted by atomic mass is 16.6. The SMILES string of the molecule is CC(CCO)OC(=O)c1ccco1. The summed E-state index contributed by atoms with van der Waals surface area (Å²) in [5, 5.41) is 8.57. The van der Waals surface area contributed by atoms with Gasteiger partial charge in [-0.2, -0.15) is 0 Å². The molecule has 1 aromatic heterocycles. The number of hydrogen-bond donors (Lipinski definition) is 1. The van der Waals surface area contributed by atoms with Crippen LogP contribution in [0.25, 0.3) is 0 Å². The van der Waals surface area contributed by atoms with Crippen LogP contribution in [0.5, 0.6) is 0 Å². The summed E-state index contributed by atoms with van der Waals surface area (Å²) in [5.41, 5.74) is 0. The minimum absolute atomic E-state index is 0.00655. The molecular formula is C9H12O4. The Bertz CT molecular complexity index is 253. The highest BCUT2D eigenvalue weighted by molar-refractivity contribution is 5.86. The summed E-state index contributed by atoms with van der Waals surface area (Å²) in [6.45, 7) is 1.73. The molecule has 1 unspecified atom stereocenters. The van der Waals surface area contributed by atoms with Gasteiger partial charge in [-0.05, 0) is 19.1 Å². The maximum absolute atomic E-state index is 11.2. The topological polar surface area (TPSA) is 59.7 Å². The molecule has 0 saturated heterocycles. The fourth-order valence-electron chi connectivity index (χ4n) is 0.876. The Morgan fingerprint density at radius 2 is 2.54 bits per heavy atom. The average Bonchev–Trinajstić information content (AvgIpc) is 2.55. The van der Waals surface area contributed by atoms with E-state index in [-0.39, 0.29) is 18.5 Å². The average molecular weight is 184 g/mol. The van der Waals surface area contributed by atoms with Crippen LogP contribution in [-0.4, -0.2) is 23.8 Å². The number of rotatable bonds is 4. The summed E-state index contributed by atoms with van der Waals surface area (Å²) in [6.07, 6.45) is 1.56. The Morgan fingerprint density at radius 1 is 1.77 bits per heavy atom. The van der Waals surface area contributed by atoms with Gasteiger partial charge in [-0.15, -0.1) is 0 Å². The lowest BCUT2D eigenvalue weighted by Gasteiger charge is -2.09. The lowest BCUT2D eigenvalue weighted by Crippen LogP contribution is -2.15. The van der Waals surface area contributed by atoms with Gasteiger partial charge >= 0.3 is 5.97 Å². The molecule has 0 radical (unpaired) electrons. The smallest absolute Gasteiger partial charge is 0.374 e. The van der Waals surface area contributed by atoms with Crippen LogP contribution < -0.4 is 0 Å². The molecule has 1 heterocycles. The van der Waals surface area contributed by atoms with Crippen molar-refractivity contribution < 1.29 is 19.1 Å². The molecule has 0 saturated carbocycles. The molecule has 0 aliphatic rings. The van der Waals surface area contributed by atoms with Crippen molar-refractivity contribution in [2.45, 2.75) is 19.4 Å². The monoisotopic (exact) mass is 184 g/mol. The molecule has 72 valence electrons. The van der Waals surface area contributed by atoms with Crippen molar-refractivity contribution in [2.24, 2.45) is 0 Å². The van der Waals surface area contributed by atoms with Crippen molar-refractivity contribution in [1.29, 1.82) is 0 Å². The van der Waals surface area contributed by atoms with E-state index in [2.05, 4.69) is 0 Å². The molecule has 0 aromatic carbocycles. The first kappa shape index (κ1) is 9.80. The number of hydrogen-bond acceptors (Lipinski definition) is 4. The van der Waals surface area contributed by atoms with Crippen LogP contribution in [0.3, 0.4) is 0 Å². The summed E-state index contributed by atoms with van der Waals surface area (Å²) >= 11 is 0. The first-order chi connectivity index (χ1) is 6.24. The van der Waals surface area contributed by atoms with Crippen molar-refractivity contribution in [1.82, 2.24) is 0 Å². The molecule has 0 bridgehead atoms. The van der Waals surface area contributed by atoms with E-state index in [4.69, 9.17) is 14.3 Å². The van der Waals surface area contributed by atoms with Gasteiger partial charge in [0.05, 0.1) is 6.26 Å². The molecule has 0 fully saturated rings. The predicted octanol–water partition coefficient (Wildman–Crippen LogP) is 1.21. The minimum atomic E-state index is -0.494.